The first-order valence-corrected chi connectivity index (χ1v) is 10.8. The molecule has 0 saturated heterocycles. The number of aryl methyl sites for hydroxylation is 2. The molecular weight excluding hydrogens is 400 g/mol. The van der Waals surface area contributed by atoms with Gasteiger partial charge < -0.3 is 4.57 Å². The molecule has 1 aliphatic rings. The molecule has 7 nitrogen and oxygen atoms in total. The van der Waals surface area contributed by atoms with Crippen LogP contribution in [0.1, 0.15) is 40.0 Å². The van der Waals surface area contributed by atoms with Gasteiger partial charge in [0.25, 0.3) is 0 Å². The van der Waals surface area contributed by atoms with Crippen molar-refractivity contribution >= 4 is 33.8 Å². The molecule has 0 aliphatic heterocycles. The molecule has 0 N–H and O–H groups in total. The maximum atomic E-state index is 13.1. The fourth-order valence-electron chi connectivity index (χ4n) is 4.17. The third kappa shape index (κ3) is 2.87. The number of hydrogen-bond donors (Lipinski definition) is 0. The van der Waals surface area contributed by atoms with Crippen molar-refractivity contribution in [1.82, 2.24) is 28.7 Å². The van der Waals surface area contributed by atoms with Gasteiger partial charge in [-0.05, 0) is 50.3 Å². The highest BCUT2D eigenvalue weighted by atomic mass is 35.5. The Morgan fingerprint density at radius 2 is 1.93 bits per heavy atom. The highest BCUT2D eigenvalue weighted by Gasteiger charge is 2.42. The average molecular weight is 425 g/mol. The molecule has 4 heterocycles. The molecule has 1 aliphatic carbocycles. The molecule has 8 heteroatoms. The molecule has 0 spiro atoms. The third-order valence-electron chi connectivity index (χ3n) is 6.19. The Balaban J connectivity index is 1.80. The molecule has 156 valence electrons. The minimum Gasteiger partial charge on any atom is -0.321 e. The van der Waals surface area contributed by atoms with Crippen molar-refractivity contribution in [3.63, 3.8) is 0 Å². The van der Waals surface area contributed by atoms with Crippen molar-refractivity contribution in [2.45, 2.75) is 52.1 Å². The standard InChI is InChI=1S/C22H25ClN6O/c1-13(2)8-12-28-15-5-6-16(23)25-19(15)26-20(28)17-18-14(7-11-24-17)29(21(30)27(18)4)22(3)9-10-22/h5-7,11,13H,8-10,12H2,1-4H3. The lowest BCUT2D eigenvalue weighted by Gasteiger charge is -2.12. The normalized spacial score (nSPS) is 15.5. The summed E-state index contributed by atoms with van der Waals surface area (Å²) in [7, 11) is 1.81. The fourth-order valence-corrected chi connectivity index (χ4v) is 4.32. The smallest absolute Gasteiger partial charge is 0.321 e. The van der Waals surface area contributed by atoms with Gasteiger partial charge in [-0.2, -0.15) is 0 Å². The summed E-state index contributed by atoms with van der Waals surface area (Å²) in [5.41, 5.74) is 3.82. The zero-order chi connectivity index (χ0) is 21.2. The lowest BCUT2D eigenvalue weighted by molar-refractivity contribution is 0.521. The zero-order valence-electron chi connectivity index (χ0n) is 17.7. The van der Waals surface area contributed by atoms with E-state index in [9.17, 15) is 4.79 Å². The molecule has 1 saturated carbocycles. The van der Waals surface area contributed by atoms with Crippen molar-refractivity contribution < 1.29 is 0 Å². The minimum atomic E-state index is -0.109. The van der Waals surface area contributed by atoms with Crippen LogP contribution in [-0.4, -0.2) is 28.7 Å². The highest BCUT2D eigenvalue weighted by molar-refractivity contribution is 6.29. The second-order valence-corrected chi connectivity index (χ2v) is 9.33. The van der Waals surface area contributed by atoms with Gasteiger partial charge in [-0.1, -0.05) is 25.4 Å². The van der Waals surface area contributed by atoms with Gasteiger partial charge in [0, 0.05) is 25.3 Å². The lowest BCUT2D eigenvalue weighted by Crippen LogP contribution is -2.29. The van der Waals surface area contributed by atoms with Crippen LogP contribution < -0.4 is 5.69 Å². The molecule has 4 aromatic heterocycles. The van der Waals surface area contributed by atoms with Crippen LogP contribution in [0.2, 0.25) is 5.15 Å². The number of imidazole rings is 2. The first kappa shape index (κ1) is 19.3. The van der Waals surface area contributed by atoms with E-state index < -0.39 is 0 Å². The Morgan fingerprint density at radius 3 is 2.63 bits per heavy atom. The van der Waals surface area contributed by atoms with E-state index in [1.807, 2.05) is 23.7 Å². The molecule has 30 heavy (non-hydrogen) atoms. The van der Waals surface area contributed by atoms with Crippen LogP contribution in [0.5, 0.6) is 0 Å². The van der Waals surface area contributed by atoms with Gasteiger partial charge in [0.2, 0.25) is 0 Å². The summed E-state index contributed by atoms with van der Waals surface area (Å²) in [5.74, 6) is 1.26. The predicted molar refractivity (Wildman–Crippen MR) is 119 cm³/mol. The molecular formula is C22H25ClN6O. The number of aromatic nitrogens is 6. The third-order valence-corrected chi connectivity index (χ3v) is 6.40. The van der Waals surface area contributed by atoms with Gasteiger partial charge in [-0.15, -0.1) is 0 Å². The predicted octanol–water partition coefficient (Wildman–Crippen LogP) is 4.36. The molecule has 0 unspecified atom stereocenters. The van der Waals surface area contributed by atoms with E-state index in [0.29, 0.717) is 22.4 Å². The van der Waals surface area contributed by atoms with Crippen molar-refractivity contribution in [2.24, 2.45) is 13.0 Å². The number of halogens is 1. The van der Waals surface area contributed by atoms with E-state index in [1.54, 1.807) is 16.8 Å². The number of rotatable bonds is 5. The van der Waals surface area contributed by atoms with Gasteiger partial charge in [0.1, 0.15) is 10.8 Å². The second kappa shape index (κ2) is 6.67. The monoisotopic (exact) mass is 424 g/mol. The highest BCUT2D eigenvalue weighted by Crippen LogP contribution is 2.44. The van der Waals surface area contributed by atoms with Crippen molar-refractivity contribution in [1.29, 1.82) is 0 Å². The number of fused-ring (bicyclic) bond motifs is 2. The van der Waals surface area contributed by atoms with Gasteiger partial charge in [-0.3, -0.25) is 14.1 Å². The summed E-state index contributed by atoms with van der Waals surface area (Å²) in [5, 5.41) is 0.411. The van der Waals surface area contributed by atoms with Crippen molar-refractivity contribution in [3.05, 3.63) is 40.0 Å². The van der Waals surface area contributed by atoms with Crippen molar-refractivity contribution in [2.75, 3.05) is 0 Å². The summed E-state index contributed by atoms with van der Waals surface area (Å²) >= 11 is 6.13. The molecule has 5 rings (SSSR count). The van der Waals surface area contributed by atoms with E-state index in [4.69, 9.17) is 16.6 Å². The summed E-state index contributed by atoms with van der Waals surface area (Å²) in [6.07, 6.45) is 4.79. The number of pyridine rings is 2. The van der Waals surface area contributed by atoms with Crippen LogP contribution in [0.25, 0.3) is 33.7 Å². The molecule has 0 aromatic carbocycles. The quantitative estimate of drug-likeness (QED) is 0.446. The average Bonchev–Trinajstić information content (AvgIpc) is 3.25. The van der Waals surface area contributed by atoms with Gasteiger partial charge in [-0.25, -0.2) is 14.8 Å². The molecule has 0 bridgehead atoms. The van der Waals surface area contributed by atoms with E-state index in [1.165, 1.54) is 0 Å². The van der Waals surface area contributed by atoms with E-state index in [-0.39, 0.29) is 11.2 Å². The molecule has 4 aromatic rings. The maximum Gasteiger partial charge on any atom is 0.329 e. The largest absolute Gasteiger partial charge is 0.329 e. The second-order valence-electron chi connectivity index (χ2n) is 8.95. The number of nitrogens with zero attached hydrogens (tertiary/aromatic N) is 6. The van der Waals surface area contributed by atoms with Crippen molar-refractivity contribution in [3.8, 4) is 11.5 Å². The first-order valence-electron chi connectivity index (χ1n) is 10.4. The van der Waals surface area contributed by atoms with Gasteiger partial charge in [0.05, 0.1) is 16.6 Å². The van der Waals surface area contributed by atoms with Crippen LogP contribution in [0, 0.1) is 5.92 Å². The summed E-state index contributed by atoms with van der Waals surface area (Å²) in [4.78, 5) is 27.0. The molecule has 0 atom stereocenters. The van der Waals surface area contributed by atoms with Crippen LogP contribution in [0.4, 0.5) is 0 Å². The van der Waals surface area contributed by atoms with E-state index in [2.05, 4.69) is 35.3 Å². The van der Waals surface area contributed by atoms with Gasteiger partial charge >= 0.3 is 5.69 Å². The SMILES string of the molecule is CC(C)CCn1c(-c2nccc3c2n(C)c(=O)n3C2(C)CC2)nc2nc(Cl)ccc21. The topological polar surface area (TPSA) is 70.5 Å². The van der Waals surface area contributed by atoms with Gasteiger partial charge in [0.15, 0.2) is 11.5 Å². The number of hydrogen-bond acceptors (Lipinski definition) is 4. The summed E-state index contributed by atoms with van der Waals surface area (Å²) < 4.78 is 5.78. The molecule has 0 amide bonds. The Morgan fingerprint density at radius 1 is 1.17 bits per heavy atom. The Kier molecular flexibility index (Phi) is 4.29. The van der Waals surface area contributed by atoms with Crippen LogP contribution in [0.3, 0.4) is 0 Å². The summed E-state index contributed by atoms with van der Waals surface area (Å²) in [6.45, 7) is 7.33. The van der Waals surface area contributed by atoms with Crippen LogP contribution in [-0.2, 0) is 19.1 Å². The summed E-state index contributed by atoms with van der Waals surface area (Å²) in [6, 6.07) is 5.67. The first-order chi connectivity index (χ1) is 14.3. The molecule has 1 fully saturated rings. The van der Waals surface area contributed by atoms with Crippen LogP contribution >= 0.6 is 11.6 Å². The zero-order valence-corrected chi connectivity index (χ0v) is 18.4. The Bertz CT molecular complexity index is 1340. The van der Waals surface area contributed by atoms with Crippen LogP contribution in [0.15, 0.2) is 29.2 Å². The van der Waals surface area contributed by atoms with E-state index >= 15 is 0 Å². The lowest BCUT2D eigenvalue weighted by atomic mass is 10.1. The Labute approximate surface area is 179 Å². The molecule has 0 radical (unpaired) electrons. The maximum absolute atomic E-state index is 13.1. The Hall–Kier alpha value is -2.67. The fraction of sp³-hybridized carbons (Fsp3) is 0.455. The van der Waals surface area contributed by atoms with E-state index in [0.717, 1.165) is 48.2 Å². The minimum absolute atomic E-state index is 0.00902.